The number of carbonyl (C=O) groups is 1. The molecule has 1 aliphatic rings. The van der Waals surface area contributed by atoms with Crippen LogP contribution in [0, 0.1) is 5.41 Å². The standard InChI is InChI=1S/C16H22O2.ClH/c1-2-10-16(11-6-7-12-16)15(17)18-13-14-8-4-3-5-9-14;/h3-5,8-9H,2,6-7,10-13H2,1H3;1H. The second-order valence-electron chi connectivity index (χ2n) is 5.30. The zero-order chi connectivity index (χ0) is 12.8. The van der Waals surface area contributed by atoms with E-state index in [2.05, 4.69) is 6.92 Å². The molecule has 1 aromatic carbocycles. The van der Waals surface area contributed by atoms with Gasteiger partial charge >= 0.3 is 5.97 Å². The zero-order valence-electron chi connectivity index (χ0n) is 11.6. The van der Waals surface area contributed by atoms with Gasteiger partial charge in [0, 0.05) is 0 Å². The van der Waals surface area contributed by atoms with Gasteiger partial charge in [-0.3, -0.25) is 4.79 Å². The Morgan fingerprint density at radius 1 is 1.21 bits per heavy atom. The molecule has 2 nitrogen and oxygen atoms in total. The largest absolute Gasteiger partial charge is 0.460 e. The lowest BCUT2D eigenvalue weighted by Gasteiger charge is -2.26. The second-order valence-corrected chi connectivity index (χ2v) is 5.30. The number of esters is 1. The van der Waals surface area contributed by atoms with Gasteiger partial charge in [-0.1, -0.05) is 56.5 Å². The molecule has 3 heteroatoms. The second kappa shape index (κ2) is 7.54. The first-order valence-corrected chi connectivity index (χ1v) is 6.98. The average molecular weight is 283 g/mol. The molecule has 0 N–H and O–H groups in total. The maximum atomic E-state index is 12.3. The van der Waals surface area contributed by atoms with Crippen LogP contribution in [0.1, 0.15) is 51.0 Å². The van der Waals surface area contributed by atoms with Crippen molar-refractivity contribution in [2.24, 2.45) is 5.41 Å². The van der Waals surface area contributed by atoms with Crippen LogP contribution in [0.15, 0.2) is 30.3 Å². The van der Waals surface area contributed by atoms with Crippen molar-refractivity contribution >= 4 is 18.4 Å². The highest BCUT2D eigenvalue weighted by Gasteiger charge is 2.41. The Balaban J connectivity index is 0.00000180. The summed E-state index contributed by atoms with van der Waals surface area (Å²) in [4.78, 5) is 12.3. The van der Waals surface area contributed by atoms with Crippen LogP contribution < -0.4 is 0 Å². The fourth-order valence-electron chi connectivity index (χ4n) is 2.96. The van der Waals surface area contributed by atoms with Crippen molar-refractivity contribution < 1.29 is 9.53 Å². The normalized spacial score (nSPS) is 16.7. The number of carbonyl (C=O) groups excluding carboxylic acids is 1. The zero-order valence-corrected chi connectivity index (χ0v) is 12.4. The number of hydrogen-bond donors (Lipinski definition) is 0. The van der Waals surface area contributed by atoms with E-state index in [-0.39, 0.29) is 23.8 Å². The number of hydrogen-bond acceptors (Lipinski definition) is 2. The Kier molecular flexibility index (Phi) is 6.36. The molecule has 1 aliphatic carbocycles. The van der Waals surface area contributed by atoms with E-state index < -0.39 is 0 Å². The van der Waals surface area contributed by atoms with Gasteiger partial charge in [-0.15, -0.1) is 12.4 Å². The van der Waals surface area contributed by atoms with Gasteiger partial charge in [0.25, 0.3) is 0 Å². The molecule has 0 aliphatic heterocycles. The van der Waals surface area contributed by atoms with Gasteiger partial charge in [0.15, 0.2) is 0 Å². The van der Waals surface area contributed by atoms with Gasteiger partial charge < -0.3 is 4.74 Å². The Labute approximate surface area is 122 Å². The van der Waals surface area contributed by atoms with Crippen LogP contribution in [0.2, 0.25) is 0 Å². The first-order valence-electron chi connectivity index (χ1n) is 6.98. The van der Waals surface area contributed by atoms with E-state index in [1.54, 1.807) is 0 Å². The third-order valence-electron chi connectivity index (χ3n) is 3.93. The van der Waals surface area contributed by atoms with E-state index in [9.17, 15) is 4.79 Å². The summed E-state index contributed by atoms with van der Waals surface area (Å²) in [6.45, 7) is 2.55. The summed E-state index contributed by atoms with van der Waals surface area (Å²) in [7, 11) is 0. The molecular formula is C16H23ClO2. The molecule has 0 amide bonds. The van der Waals surface area contributed by atoms with Crippen LogP contribution in [-0.2, 0) is 16.1 Å². The van der Waals surface area contributed by atoms with Crippen molar-refractivity contribution in [3.05, 3.63) is 35.9 Å². The number of halogens is 1. The molecular weight excluding hydrogens is 260 g/mol. The summed E-state index contributed by atoms with van der Waals surface area (Å²) < 4.78 is 5.53. The Bertz CT molecular complexity index is 383. The minimum absolute atomic E-state index is 0. The molecule has 0 bridgehead atoms. The molecule has 1 fully saturated rings. The third kappa shape index (κ3) is 3.97. The molecule has 0 saturated heterocycles. The Hall–Kier alpha value is -1.02. The number of ether oxygens (including phenoxy) is 1. The van der Waals surface area contributed by atoms with Crippen LogP contribution >= 0.6 is 12.4 Å². The maximum absolute atomic E-state index is 12.3. The van der Waals surface area contributed by atoms with Crippen molar-refractivity contribution in [2.45, 2.75) is 52.1 Å². The third-order valence-corrected chi connectivity index (χ3v) is 3.93. The summed E-state index contributed by atoms with van der Waals surface area (Å²) >= 11 is 0. The van der Waals surface area contributed by atoms with Gasteiger partial charge in [0.1, 0.15) is 6.61 Å². The van der Waals surface area contributed by atoms with E-state index in [4.69, 9.17) is 4.74 Å². The predicted molar refractivity (Wildman–Crippen MR) is 79.3 cm³/mol. The summed E-state index contributed by atoms with van der Waals surface area (Å²) in [5.41, 5.74) is 0.888. The van der Waals surface area contributed by atoms with E-state index in [1.807, 2.05) is 30.3 Å². The Morgan fingerprint density at radius 3 is 2.42 bits per heavy atom. The minimum Gasteiger partial charge on any atom is -0.460 e. The van der Waals surface area contributed by atoms with Gasteiger partial charge in [-0.2, -0.15) is 0 Å². The lowest BCUT2D eigenvalue weighted by molar-refractivity contribution is -0.157. The maximum Gasteiger partial charge on any atom is 0.312 e. The van der Waals surface area contributed by atoms with Gasteiger partial charge in [0.2, 0.25) is 0 Å². The summed E-state index contributed by atoms with van der Waals surface area (Å²) in [5, 5.41) is 0. The van der Waals surface area contributed by atoms with Crippen LogP contribution in [0.25, 0.3) is 0 Å². The smallest absolute Gasteiger partial charge is 0.312 e. The summed E-state index contributed by atoms with van der Waals surface area (Å²) in [6.07, 6.45) is 6.38. The predicted octanol–water partition coefficient (Wildman–Crippen LogP) is 4.51. The molecule has 1 saturated carbocycles. The van der Waals surface area contributed by atoms with Crippen LogP contribution in [-0.4, -0.2) is 5.97 Å². The SMILES string of the molecule is CCCC1(C(=O)OCc2ccccc2)CCCC1.Cl. The molecule has 0 heterocycles. The lowest BCUT2D eigenvalue weighted by Crippen LogP contribution is -2.29. The van der Waals surface area contributed by atoms with Crippen molar-refractivity contribution in [2.75, 3.05) is 0 Å². The van der Waals surface area contributed by atoms with Crippen LogP contribution in [0.5, 0.6) is 0 Å². The fraction of sp³-hybridized carbons (Fsp3) is 0.562. The molecule has 0 spiro atoms. The number of rotatable bonds is 5. The van der Waals surface area contributed by atoms with Crippen molar-refractivity contribution in [3.63, 3.8) is 0 Å². The molecule has 0 atom stereocenters. The quantitative estimate of drug-likeness (QED) is 0.743. The molecule has 2 rings (SSSR count). The average Bonchev–Trinajstić information content (AvgIpc) is 2.87. The summed E-state index contributed by atoms with van der Waals surface area (Å²) in [5.74, 6) is 0.0192. The molecule has 0 radical (unpaired) electrons. The van der Waals surface area contributed by atoms with Crippen LogP contribution in [0.4, 0.5) is 0 Å². The molecule has 19 heavy (non-hydrogen) atoms. The van der Waals surface area contributed by atoms with Gasteiger partial charge in [0.05, 0.1) is 5.41 Å². The van der Waals surface area contributed by atoms with Gasteiger partial charge in [-0.05, 0) is 24.8 Å². The van der Waals surface area contributed by atoms with Gasteiger partial charge in [-0.25, -0.2) is 0 Å². The highest BCUT2D eigenvalue weighted by Crippen LogP contribution is 2.43. The number of benzene rings is 1. The monoisotopic (exact) mass is 282 g/mol. The van der Waals surface area contributed by atoms with E-state index in [0.717, 1.165) is 31.2 Å². The Morgan fingerprint density at radius 2 is 1.84 bits per heavy atom. The molecule has 106 valence electrons. The molecule has 1 aromatic rings. The minimum atomic E-state index is -0.177. The van der Waals surface area contributed by atoms with E-state index in [1.165, 1.54) is 12.8 Å². The van der Waals surface area contributed by atoms with Crippen molar-refractivity contribution in [1.82, 2.24) is 0 Å². The van der Waals surface area contributed by atoms with E-state index in [0.29, 0.717) is 6.61 Å². The van der Waals surface area contributed by atoms with Crippen LogP contribution in [0.3, 0.4) is 0 Å². The van der Waals surface area contributed by atoms with Crippen molar-refractivity contribution in [1.29, 1.82) is 0 Å². The lowest BCUT2D eigenvalue weighted by atomic mass is 9.82. The first-order chi connectivity index (χ1) is 8.77. The highest BCUT2D eigenvalue weighted by atomic mass is 35.5. The molecule has 0 unspecified atom stereocenters. The molecule has 0 aromatic heterocycles. The van der Waals surface area contributed by atoms with Crippen molar-refractivity contribution in [3.8, 4) is 0 Å². The summed E-state index contributed by atoms with van der Waals surface area (Å²) in [6, 6.07) is 9.91. The van der Waals surface area contributed by atoms with E-state index >= 15 is 0 Å². The topological polar surface area (TPSA) is 26.3 Å². The fourth-order valence-corrected chi connectivity index (χ4v) is 2.96. The first kappa shape index (κ1) is 16.0. The highest BCUT2D eigenvalue weighted by molar-refractivity contribution is 5.85.